The summed E-state index contributed by atoms with van der Waals surface area (Å²) < 4.78 is 17.5. The lowest BCUT2D eigenvalue weighted by atomic mass is 9.53. The summed E-state index contributed by atoms with van der Waals surface area (Å²) in [7, 11) is 1.72. The van der Waals surface area contributed by atoms with Gasteiger partial charge in [0.1, 0.15) is 23.9 Å². The van der Waals surface area contributed by atoms with Crippen molar-refractivity contribution in [2.24, 2.45) is 71.0 Å². The van der Waals surface area contributed by atoms with Crippen LogP contribution < -0.4 is 36.1 Å². The molecular formula is C76H100BrN5O4. The van der Waals surface area contributed by atoms with E-state index in [1.54, 1.807) is 20.3 Å². The Kier molecular flexibility index (Phi) is 17.5. The van der Waals surface area contributed by atoms with E-state index in [1.165, 1.54) is 181 Å². The number of benzene rings is 4. The summed E-state index contributed by atoms with van der Waals surface area (Å²) in [6, 6.07) is 37.8. The van der Waals surface area contributed by atoms with E-state index < -0.39 is 0 Å². The monoisotopic (exact) mass is 1230 g/mol. The second-order valence-electron chi connectivity index (χ2n) is 31.1. The Balaban J connectivity index is 0.000000102. The van der Waals surface area contributed by atoms with Gasteiger partial charge in [-0.15, -0.1) is 0 Å². The Morgan fingerprint density at radius 2 is 0.721 bits per heavy atom. The summed E-state index contributed by atoms with van der Waals surface area (Å²) in [6.07, 6.45) is 36.8. The summed E-state index contributed by atoms with van der Waals surface area (Å²) in [5, 5.41) is 18.6. The first-order valence-electron chi connectivity index (χ1n) is 34.3. The van der Waals surface area contributed by atoms with Gasteiger partial charge in [0.25, 0.3) is 0 Å². The summed E-state index contributed by atoms with van der Waals surface area (Å²) in [6.45, 7) is 6.01. The van der Waals surface area contributed by atoms with E-state index in [-0.39, 0.29) is 5.91 Å². The van der Waals surface area contributed by atoms with Crippen LogP contribution in [0.25, 0.3) is 0 Å². The van der Waals surface area contributed by atoms with Crippen molar-refractivity contribution in [3.8, 4) is 11.5 Å². The molecule has 0 radical (unpaired) electrons. The molecular weight excluding hydrogens is 1130 g/mol. The Bertz CT molecular complexity index is 2890. The highest BCUT2D eigenvalue weighted by Gasteiger charge is 2.54. The van der Waals surface area contributed by atoms with Crippen LogP contribution >= 0.6 is 15.9 Å². The normalized spacial score (nSPS) is 36.3. The van der Waals surface area contributed by atoms with Gasteiger partial charge in [-0.25, -0.2) is 0 Å². The molecule has 0 atom stereocenters. The van der Waals surface area contributed by atoms with Gasteiger partial charge < -0.3 is 40.5 Å². The number of nitrogens with one attached hydrogen (secondary N) is 5. The fourth-order valence-electron chi connectivity index (χ4n) is 22.0. The lowest BCUT2D eigenvalue weighted by molar-refractivity contribution is -0.114. The molecule has 16 saturated carbocycles. The molecule has 16 aliphatic rings. The highest BCUT2D eigenvalue weighted by molar-refractivity contribution is 9.10. The fourth-order valence-corrected chi connectivity index (χ4v) is 22.2. The molecule has 0 unspecified atom stereocenters. The minimum Gasteiger partial charge on any atom is -0.497 e. The van der Waals surface area contributed by atoms with Gasteiger partial charge in [-0.2, -0.15) is 0 Å². The van der Waals surface area contributed by atoms with Gasteiger partial charge in [0, 0.05) is 65.4 Å². The lowest BCUT2D eigenvalue weighted by Gasteiger charge is -2.57. The topological polar surface area (TPSA) is 109 Å². The van der Waals surface area contributed by atoms with Crippen molar-refractivity contribution in [2.45, 2.75) is 216 Å². The Hall–Kier alpha value is -4.45. The standard InChI is InChI=1S/C22H27NO2.C19H26N2O.C18H25NO.C17H22BrN/c1-2-21(24-7-1)15-25-20-5-3-16(4-6-20)14-23-22-11-17-8-18(12-22)10-19(9-17)13-22;1-13(22)21-18-4-2-14(3-5-18)12-20-19-9-15-6-16(10-19)8-17(7-15)11-19;1-20-17-4-2-13(3-5-17)12-19-18-9-14-6-15(10-18)8-16(7-14)11-18;18-16-3-1-12(2-4-16)11-19-17-8-13-5-14(9-17)7-15(6-13)10-17/h1-7,17-19,23H,8-15H2;2-5,15-17,20H,6-12H2,1H3,(H,21,22);2-5,14-16,19H,6-12H2,1H3;1-4,13-15,19H,5-11H2. The maximum absolute atomic E-state index is 11.1. The van der Waals surface area contributed by atoms with Crippen LogP contribution in [0.1, 0.15) is 189 Å². The van der Waals surface area contributed by atoms with Crippen molar-refractivity contribution in [2.75, 3.05) is 12.4 Å². The molecule has 16 bridgehead atoms. The molecule has 0 aliphatic heterocycles. The molecule has 21 rings (SSSR count). The zero-order valence-corrected chi connectivity index (χ0v) is 53.5. The smallest absolute Gasteiger partial charge is 0.221 e. The highest BCUT2D eigenvalue weighted by Crippen LogP contribution is 2.59. The van der Waals surface area contributed by atoms with Gasteiger partial charge in [0.15, 0.2) is 0 Å². The second kappa shape index (κ2) is 25.4. The van der Waals surface area contributed by atoms with Crippen molar-refractivity contribution in [1.29, 1.82) is 0 Å². The average Bonchev–Trinajstić information content (AvgIpc) is 1.21. The van der Waals surface area contributed by atoms with Gasteiger partial charge in [0.05, 0.1) is 13.4 Å². The van der Waals surface area contributed by atoms with E-state index in [1.807, 2.05) is 24.3 Å². The van der Waals surface area contributed by atoms with Crippen LogP contribution in [0.4, 0.5) is 5.69 Å². The lowest BCUT2D eigenvalue weighted by Crippen LogP contribution is -2.58. The van der Waals surface area contributed by atoms with Gasteiger partial charge in [-0.1, -0.05) is 64.5 Å². The number of rotatable bonds is 17. The first-order valence-corrected chi connectivity index (χ1v) is 35.1. The summed E-state index contributed by atoms with van der Waals surface area (Å²) in [5.74, 6) is 14.8. The third kappa shape index (κ3) is 14.3. The number of hydrogen-bond donors (Lipinski definition) is 5. The van der Waals surface area contributed by atoms with Crippen molar-refractivity contribution in [3.63, 3.8) is 0 Å². The van der Waals surface area contributed by atoms with Crippen molar-refractivity contribution in [1.82, 2.24) is 21.3 Å². The van der Waals surface area contributed by atoms with Crippen molar-refractivity contribution >= 4 is 27.5 Å². The Morgan fingerprint density at radius 3 is 1.00 bits per heavy atom. The van der Waals surface area contributed by atoms with Crippen molar-refractivity contribution < 1.29 is 18.7 Å². The van der Waals surface area contributed by atoms with Gasteiger partial charge in [-0.05, 0) is 308 Å². The molecule has 10 heteroatoms. The van der Waals surface area contributed by atoms with Crippen LogP contribution in [0.3, 0.4) is 0 Å². The molecule has 1 aromatic heterocycles. The molecule has 86 heavy (non-hydrogen) atoms. The predicted octanol–water partition coefficient (Wildman–Crippen LogP) is 16.9. The van der Waals surface area contributed by atoms with Gasteiger partial charge in [0.2, 0.25) is 5.91 Å². The first kappa shape index (κ1) is 59.2. The number of halogens is 1. The van der Waals surface area contributed by atoms with Crippen LogP contribution in [0.15, 0.2) is 124 Å². The minimum absolute atomic E-state index is 0.0144. The third-order valence-corrected chi connectivity index (χ3v) is 24.6. The Morgan fingerprint density at radius 1 is 0.430 bits per heavy atom. The van der Waals surface area contributed by atoms with E-state index in [0.29, 0.717) is 28.8 Å². The van der Waals surface area contributed by atoms with Crippen LogP contribution in [-0.2, 0) is 37.6 Å². The molecule has 1 amide bonds. The second-order valence-corrected chi connectivity index (χ2v) is 32.0. The average molecular weight is 1230 g/mol. The SMILES string of the molecule is Brc1ccc(CNC23CC4CC(CC(C4)C2)C3)cc1.CC(=O)Nc1ccc(CNC23CC4CC(CC(C4)C2)C3)cc1.COc1ccc(CNC23CC4CC(CC(C4)C2)C3)cc1.c1coc(COc2ccc(CNC34CC5CC(CC(C5)C3)C4)cc2)c1. The molecule has 1 heterocycles. The number of amides is 1. The molecule has 16 aliphatic carbocycles. The number of anilines is 1. The number of carbonyl (C=O) groups excluding carboxylic acids is 1. The van der Waals surface area contributed by atoms with Crippen LogP contribution in [0.5, 0.6) is 11.5 Å². The third-order valence-electron chi connectivity index (χ3n) is 24.1. The van der Waals surface area contributed by atoms with E-state index >= 15 is 0 Å². The minimum atomic E-state index is -0.0144. The number of methoxy groups -OCH3 is 1. The van der Waals surface area contributed by atoms with Crippen LogP contribution in [0.2, 0.25) is 0 Å². The van der Waals surface area contributed by atoms with E-state index in [2.05, 4.69) is 127 Å². The molecule has 460 valence electrons. The largest absolute Gasteiger partial charge is 0.497 e. The molecule has 5 aromatic rings. The van der Waals surface area contributed by atoms with E-state index in [4.69, 9.17) is 13.9 Å². The molecule has 5 N–H and O–H groups in total. The number of hydrogen-bond acceptors (Lipinski definition) is 8. The summed E-state index contributed by atoms with van der Waals surface area (Å²) in [5.41, 5.74) is 8.14. The number of ether oxygens (including phenoxy) is 2. The predicted molar refractivity (Wildman–Crippen MR) is 348 cm³/mol. The molecule has 0 saturated heterocycles. The van der Waals surface area contributed by atoms with Gasteiger partial charge in [-0.3, -0.25) is 4.79 Å². The quantitative estimate of drug-likeness (QED) is 0.0627. The Labute approximate surface area is 523 Å². The number of furan rings is 1. The van der Waals surface area contributed by atoms with Crippen LogP contribution in [-0.4, -0.2) is 35.2 Å². The molecule has 0 spiro atoms. The summed E-state index contributed by atoms with van der Waals surface area (Å²) >= 11 is 3.51. The van der Waals surface area contributed by atoms with E-state index in [0.717, 1.165) is 120 Å². The molecule has 16 fully saturated rings. The van der Waals surface area contributed by atoms with Gasteiger partial charge >= 0.3 is 0 Å². The van der Waals surface area contributed by atoms with E-state index in [9.17, 15) is 4.79 Å². The maximum Gasteiger partial charge on any atom is 0.221 e. The molecule has 9 nitrogen and oxygen atoms in total. The van der Waals surface area contributed by atoms with Crippen LogP contribution in [0, 0.1) is 71.0 Å². The number of carbonyl (C=O) groups is 1. The zero-order valence-electron chi connectivity index (χ0n) is 51.9. The molecule has 4 aromatic carbocycles. The first-order chi connectivity index (χ1) is 41.8. The maximum atomic E-state index is 11.1. The fraction of sp³-hybridized carbons (Fsp3) is 0.618. The van der Waals surface area contributed by atoms with Crippen molar-refractivity contribution in [3.05, 3.63) is 148 Å². The zero-order chi connectivity index (χ0) is 58.3. The highest BCUT2D eigenvalue weighted by atomic mass is 79.9. The summed E-state index contributed by atoms with van der Waals surface area (Å²) in [4.78, 5) is 11.1.